The second-order valence-corrected chi connectivity index (χ2v) is 7.94. The van der Waals surface area contributed by atoms with Crippen LogP contribution in [0.4, 0.5) is 4.39 Å². The number of hydrogen-bond acceptors (Lipinski definition) is 4. The molecule has 0 aliphatic carbocycles. The van der Waals surface area contributed by atoms with Crippen LogP contribution in [-0.2, 0) is 23.4 Å². The van der Waals surface area contributed by atoms with Gasteiger partial charge in [0.05, 0.1) is 18.5 Å². The molecule has 1 N–H and O–H groups in total. The summed E-state index contributed by atoms with van der Waals surface area (Å²) in [5.74, 6) is -0.416. The van der Waals surface area contributed by atoms with Crippen LogP contribution in [0.25, 0.3) is 0 Å². The smallest absolute Gasteiger partial charge is 0.193 e. The fourth-order valence-corrected chi connectivity index (χ4v) is 3.65. The van der Waals surface area contributed by atoms with E-state index in [0.717, 1.165) is 11.6 Å². The van der Waals surface area contributed by atoms with Crippen LogP contribution in [0.1, 0.15) is 12.5 Å². The largest absolute Gasteiger partial charge is 0.357 e. The number of guanidine groups is 1. The second-order valence-electron chi connectivity index (χ2n) is 5.86. The SMILES string of the molecule is CCNC(=NCCS(=O)(=O)c1ccccc1F)N(C)Cc1cnn(C)c1.I. The molecule has 0 fully saturated rings. The van der Waals surface area contributed by atoms with Crippen molar-refractivity contribution in [2.45, 2.75) is 18.4 Å². The molecule has 2 rings (SSSR count). The van der Waals surface area contributed by atoms with Crippen molar-refractivity contribution in [2.75, 3.05) is 25.9 Å². The Hall–Kier alpha value is -1.69. The summed E-state index contributed by atoms with van der Waals surface area (Å²) in [7, 11) is -0.0199. The van der Waals surface area contributed by atoms with Gasteiger partial charge in [-0.1, -0.05) is 12.1 Å². The van der Waals surface area contributed by atoms with Crippen molar-refractivity contribution in [3.05, 3.63) is 48.0 Å². The second kappa shape index (κ2) is 10.6. The third-order valence-electron chi connectivity index (χ3n) is 3.67. The minimum atomic E-state index is -3.72. The molecule has 0 spiro atoms. The number of sulfone groups is 1. The molecule has 2 aromatic rings. The lowest BCUT2D eigenvalue weighted by Gasteiger charge is -2.21. The highest BCUT2D eigenvalue weighted by Crippen LogP contribution is 2.15. The molecule has 7 nitrogen and oxygen atoms in total. The number of benzene rings is 1. The van der Waals surface area contributed by atoms with Gasteiger partial charge in [0.25, 0.3) is 0 Å². The van der Waals surface area contributed by atoms with E-state index in [1.165, 1.54) is 18.2 Å². The standard InChI is InChI=1S/C17H24FN5O2S.HI/c1-4-19-17(22(2)12-14-11-21-23(3)13-14)20-9-10-26(24,25)16-8-6-5-7-15(16)18;/h5-8,11,13H,4,9-10,12H2,1-3H3,(H,19,20);1H. The van der Waals surface area contributed by atoms with E-state index >= 15 is 0 Å². The van der Waals surface area contributed by atoms with Gasteiger partial charge < -0.3 is 10.2 Å². The first kappa shape index (κ1) is 23.3. The van der Waals surface area contributed by atoms with E-state index < -0.39 is 15.7 Å². The molecule has 0 amide bonds. The molecule has 0 unspecified atom stereocenters. The molecule has 0 atom stereocenters. The van der Waals surface area contributed by atoms with Gasteiger partial charge in [-0.2, -0.15) is 5.10 Å². The van der Waals surface area contributed by atoms with Gasteiger partial charge in [0.15, 0.2) is 15.8 Å². The number of hydrogen-bond donors (Lipinski definition) is 1. The number of aliphatic imine (C=N–C) groups is 1. The summed E-state index contributed by atoms with van der Waals surface area (Å²) in [4.78, 5) is 5.96. The van der Waals surface area contributed by atoms with Crippen LogP contribution in [0.2, 0.25) is 0 Å². The molecule has 150 valence electrons. The zero-order chi connectivity index (χ0) is 19.2. The molecular formula is C17H25FIN5O2S. The first-order valence-corrected chi connectivity index (χ1v) is 9.93. The van der Waals surface area contributed by atoms with Crippen molar-refractivity contribution in [2.24, 2.45) is 12.0 Å². The zero-order valence-electron chi connectivity index (χ0n) is 15.6. The summed E-state index contributed by atoms with van der Waals surface area (Å²) in [5.41, 5.74) is 1.01. The first-order valence-electron chi connectivity index (χ1n) is 8.27. The molecule has 1 aromatic carbocycles. The van der Waals surface area contributed by atoms with Crippen LogP contribution >= 0.6 is 24.0 Å². The molecule has 1 aromatic heterocycles. The Labute approximate surface area is 176 Å². The number of halogens is 2. The van der Waals surface area contributed by atoms with Gasteiger partial charge in [-0.3, -0.25) is 9.67 Å². The number of rotatable bonds is 7. The highest BCUT2D eigenvalue weighted by molar-refractivity contribution is 14.0. The van der Waals surface area contributed by atoms with Crippen LogP contribution in [0.15, 0.2) is 46.5 Å². The molecule has 0 aliphatic rings. The number of aryl methyl sites for hydroxylation is 1. The number of nitrogens with one attached hydrogen (secondary N) is 1. The van der Waals surface area contributed by atoms with Crippen molar-refractivity contribution < 1.29 is 12.8 Å². The summed E-state index contributed by atoms with van der Waals surface area (Å²) >= 11 is 0. The molecule has 10 heteroatoms. The van der Waals surface area contributed by atoms with Crippen molar-refractivity contribution in [1.82, 2.24) is 20.0 Å². The summed E-state index contributed by atoms with van der Waals surface area (Å²) < 4.78 is 40.0. The Morgan fingerprint density at radius 3 is 2.67 bits per heavy atom. The molecule has 0 saturated carbocycles. The van der Waals surface area contributed by atoms with Crippen LogP contribution in [0.3, 0.4) is 0 Å². The first-order chi connectivity index (χ1) is 12.3. The maximum Gasteiger partial charge on any atom is 0.193 e. The van der Waals surface area contributed by atoms with Crippen LogP contribution in [-0.4, -0.2) is 54.9 Å². The number of nitrogens with zero attached hydrogens (tertiary/aromatic N) is 4. The average molecular weight is 509 g/mol. The van der Waals surface area contributed by atoms with E-state index in [1.54, 1.807) is 10.9 Å². The Balaban J connectivity index is 0.00000364. The third kappa shape index (κ3) is 6.76. The Morgan fingerprint density at radius 2 is 2.07 bits per heavy atom. The van der Waals surface area contributed by atoms with E-state index in [2.05, 4.69) is 15.4 Å². The third-order valence-corrected chi connectivity index (χ3v) is 5.39. The Kier molecular flexibility index (Phi) is 9.16. The van der Waals surface area contributed by atoms with Gasteiger partial charge in [0.1, 0.15) is 10.7 Å². The van der Waals surface area contributed by atoms with E-state index in [-0.39, 0.29) is 41.2 Å². The van der Waals surface area contributed by atoms with E-state index in [9.17, 15) is 12.8 Å². The van der Waals surface area contributed by atoms with Gasteiger partial charge in [-0.05, 0) is 19.1 Å². The fraction of sp³-hybridized carbons (Fsp3) is 0.412. The van der Waals surface area contributed by atoms with Crippen molar-refractivity contribution in [1.29, 1.82) is 0 Å². The Morgan fingerprint density at radius 1 is 1.37 bits per heavy atom. The summed E-state index contributed by atoms with van der Waals surface area (Å²) in [6, 6.07) is 5.38. The van der Waals surface area contributed by atoms with Gasteiger partial charge >= 0.3 is 0 Å². The molecule has 0 saturated heterocycles. The topological polar surface area (TPSA) is 79.6 Å². The van der Waals surface area contributed by atoms with E-state index in [4.69, 9.17) is 0 Å². The van der Waals surface area contributed by atoms with Crippen molar-refractivity contribution in [3.63, 3.8) is 0 Å². The quantitative estimate of drug-likeness (QED) is 0.351. The summed E-state index contributed by atoms with van der Waals surface area (Å²) in [6.45, 7) is 3.20. The van der Waals surface area contributed by atoms with Crippen LogP contribution in [0.5, 0.6) is 0 Å². The van der Waals surface area contributed by atoms with E-state index in [0.29, 0.717) is 19.0 Å². The van der Waals surface area contributed by atoms with E-state index in [1.807, 2.05) is 32.1 Å². The lowest BCUT2D eigenvalue weighted by Crippen LogP contribution is -2.38. The van der Waals surface area contributed by atoms with Gasteiger partial charge in [0.2, 0.25) is 0 Å². The van der Waals surface area contributed by atoms with Crippen molar-refractivity contribution >= 4 is 39.8 Å². The normalized spacial score (nSPS) is 11.8. The minimum absolute atomic E-state index is 0. The molecular weight excluding hydrogens is 484 g/mol. The number of aromatic nitrogens is 2. The van der Waals surface area contributed by atoms with Gasteiger partial charge in [-0.25, -0.2) is 12.8 Å². The zero-order valence-corrected chi connectivity index (χ0v) is 18.7. The monoisotopic (exact) mass is 509 g/mol. The predicted octanol–water partition coefficient (Wildman–Crippen LogP) is 2.05. The maximum absolute atomic E-state index is 13.7. The highest BCUT2D eigenvalue weighted by atomic mass is 127. The predicted molar refractivity (Wildman–Crippen MR) is 115 cm³/mol. The van der Waals surface area contributed by atoms with Crippen LogP contribution in [0, 0.1) is 5.82 Å². The molecule has 0 radical (unpaired) electrons. The van der Waals surface area contributed by atoms with Crippen LogP contribution < -0.4 is 5.32 Å². The molecule has 27 heavy (non-hydrogen) atoms. The fourth-order valence-electron chi connectivity index (χ4n) is 2.45. The molecule has 0 aliphatic heterocycles. The minimum Gasteiger partial charge on any atom is -0.357 e. The maximum atomic E-state index is 13.7. The van der Waals surface area contributed by atoms with Gasteiger partial charge in [0, 0.05) is 38.9 Å². The molecule has 0 bridgehead atoms. The lowest BCUT2D eigenvalue weighted by atomic mass is 10.3. The highest BCUT2D eigenvalue weighted by Gasteiger charge is 2.18. The summed E-state index contributed by atoms with van der Waals surface area (Å²) in [6.07, 6.45) is 3.67. The Bertz CT molecular complexity index is 870. The molecule has 1 heterocycles. The summed E-state index contributed by atoms with van der Waals surface area (Å²) in [5, 5.41) is 7.25. The lowest BCUT2D eigenvalue weighted by molar-refractivity contribution is 0.477. The van der Waals surface area contributed by atoms with Crippen molar-refractivity contribution in [3.8, 4) is 0 Å². The average Bonchev–Trinajstić information content (AvgIpc) is 2.99. The van der Waals surface area contributed by atoms with Gasteiger partial charge in [-0.15, -0.1) is 24.0 Å².